The average molecular weight is 375 g/mol. The molecule has 3 aromatic rings. The van der Waals surface area contributed by atoms with Crippen LogP contribution in [0.15, 0.2) is 59.8 Å². The van der Waals surface area contributed by atoms with Crippen molar-refractivity contribution < 1.29 is 9.13 Å². The quantitative estimate of drug-likeness (QED) is 0.396. The van der Waals surface area contributed by atoms with Gasteiger partial charge in [0.2, 0.25) is 5.88 Å². The molecular formula is C19H16ClFN2OS. The van der Waals surface area contributed by atoms with Crippen LogP contribution in [0.5, 0.6) is 11.6 Å². The van der Waals surface area contributed by atoms with Crippen molar-refractivity contribution in [2.45, 2.75) is 24.3 Å². The molecule has 3 rings (SSSR count). The highest BCUT2D eigenvalue weighted by Crippen LogP contribution is 2.27. The van der Waals surface area contributed by atoms with E-state index in [1.807, 2.05) is 25.1 Å². The van der Waals surface area contributed by atoms with E-state index >= 15 is 0 Å². The molecule has 25 heavy (non-hydrogen) atoms. The molecule has 0 aliphatic carbocycles. The monoisotopic (exact) mass is 374 g/mol. The summed E-state index contributed by atoms with van der Waals surface area (Å²) in [5, 5.41) is 1.15. The Morgan fingerprint density at radius 1 is 1.08 bits per heavy atom. The van der Waals surface area contributed by atoms with Crippen molar-refractivity contribution in [3.05, 3.63) is 76.7 Å². The van der Waals surface area contributed by atoms with Crippen molar-refractivity contribution in [2.75, 3.05) is 0 Å². The van der Waals surface area contributed by atoms with Gasteiger partial charge in [-0.1, -0.05) is 54.6 Å². The number of hydrogen-bond acceptors (Lipinski definition) is 4. The Kier molecular flexibility index (Phi) is 5.89. The maximum absolute atomic E-state index is 13.8. The zero-order valence-electron chi connectivity index (χ0n) is 13.6. The summed E-state index contributed by atoms with van der Waals surface area (Å²) in [6, 6.07) is 15.6. The molecule has 0 saturated heterocycles. The average Bonchev–Trinajstić information content (AvgIpc) is 2.61. The first-order chi connectivity index (χ1) is 12.1. The Morgan fingerprint density at radius 3 is 2.68 bits per heavy atom. The molecule has 1 heterocycles. The van der Waals surface area contributed by atoms with Gasteiger partial charge >= 0.3 is 0 Å². The lowest BCUT2D eigenvalue weighted by molar-refractivity contribution is 0.454. The molecule has 3 nitrogen and oxygen atoms in total. The Labute approximate surface area is 155 Å². The summed E-state index contributed by atoms with van der Waals surface area (Å²) >= 11 is 7.36. The van der Waals surface area contributed by atoms with Crippen LogP contribution in [0, 0.1) is 5.82 Å². The van der Waals surface area contributed by atoms with Gasteiger partial charge in [-0.25, -0.2) is 9.37 Å². The molecule has 1 aromatic heterocycles. The Bertz CT molecular complexity index is 876. The van der Waals surface area contributed by atoms with Crippen LogP contribution in [0.3, 0.4) is 0 Å². The summed E-state index contributed by atoms with van der Waals surface area (Å²) in [5.74, 6) is 1.29. The van der Waals surface area contributed by atoms with Crippen molar-refractivity contribution in [3.8, 4) is 11.6 Å². The second-order valence-corrected chi connectivity index (χ2v) is 6.65. The molecule has 0 bridgehead atoms. The maximum atomic E-state index is 13.8. The van der Waals surface area contributed by atoms with Crippen molar-refractivity contribution in [3.63, 3.8) is 0 Å². The van der Waals surface area contributed by atoms with Crippen LogP contribution in [0.25, 0.3) is 0 Å². The fourth-order valence-corrected chi connectivity index (χ4v) is 3.19. The van der Waals surface area contributed by atoms with E-state index < -0.39 is 0 Å². The first kappa shape index (κ1) is 17.7. The molecular weight excluding hydrogens is 359 g/mol. The third-order valence-electron chi connectivity index (χ3n) is 3.43. The zero-order valence-corrected chi connectivity index (χ0v) is 15.1. The molecule has 0 atom stereocenters. The number of aryl methyl sites for hydroxylation is 1. The first-order valence-corrected chi connectivity index (χ1v) is 9.18. The standard InChI is InChI=1S/C19H16ClFN2OS/c1-2-15-11-18(24-16-8-5-7-14(20)10-16)23-19(22-15)25-12-13-6-3-4-9-17(13)21/h3-11H,2,12H2,1H3. The molecule has 0 aliphatic rings. The normalized spacial score (nSPS) is 10.7. The molecule has 0 saturated carbocycles. The van der Waals surface area contributed by atoms with Gasteiger partial charge in [-0.05, 0) is 36.2 Å². The molecule has 0 unspecified atom stereocenters. The number of halogens is 2. The number of hydrogen-bond donors (Lipinski definition) is 0. The van der Waals surface area contributed by atoms with Crippen molar-refractivity contribution in [2.24, 2.45) is 0 Å². The highest BCUT2D eigenvalue weighted by atomic mass is 35.5. The molecule has 0 amide bonds. The van der Waals surface area contributed by atoms with Crippen LogP contribution in [0.4, 0.5) is 4.39 Å². The second kappa shape index (κ2) is 8.32. The third-order valence-corrected chi connectivity index (χ3v) is 4.56. The van der Waals surface area contributed by atoms with Gasteiger partial charge < -0.3 is 4.74 Å². The summed E-state index contributed by atoms with van der Waals surface area (Å²) in [4.78, 5) is 8.89. The SMILES string of the molecule is CCc1cc(Oc2cccc(Cl)c2)nc(SCc2ccccc2F)n1. The fraction of sp³-hybridized carbons (Fsp3) is 0.158. The van der Waals surface area contributed by atoms with Gasteiger partial charge in [0.15, 0.2) is 5.16 Å². The van der Waals surface area contributed by atoms with Gasteiger partial charge in [0.05, 0.1) is 0 Å². The van der Waals surface area contributed by atoms with Gasteiger partial charge in [0.1, 0.15) is 11.6 Å². The topological polar surface area (TPSA) is 35.0 Å². The number of ether oxygens (including phenoxy) is 1. The lowest BCUT2D eigenvalue weighted by Gasteiger charge is -2.09. The van der Waals surface area contributed by atoms with Crippen molar-refractivity contribution in [1.29, 1.82) is 0 Å². The second-order valence-electron chi connectivity index (χ2n) is 5.27. The van der Waals surface area contributed by atoms with E-state index in [-0.39, 0.29) is 5.82 Å². The summed E-state index contributed by atoms with van der Waals surface area (Å²) in [5.41, 5.74) is 1.48. The van der Waals surface area contributed by atoms with Gasteiger partial charge in [-0.2, -0.15) is 4.98 Å². The summed E-state index contributed by atoms with van der Waals surface area (Å²) in [6.45, 7) is 2.01. The smallest absolute Gasteiger partial charge is 0.223 e. The summed E-state index contributed by atoms with van der Waals surface area (Å²) in [7, 11) is 0. The molecule has 0 aliphatic heterocycles. The number of aromatic nitrogens is 2. The highest BCUT2D eigenvalue weighted by Gasteiger charge is 2.09. The molecule has 0 N–H and O–H groups in total. The summed E-state index contributed by atoms with van der Waals surface area (Å²) < 4.78 is 19.5. The van der Waals surface area contributed by atoms with Gasteiger partial charge in [-0.3, -0.25) is 0 Å². The summed E-state index contributed by atoms with van der Waals surface area (Å²) in [6.07, 6.45) is 0.752. The lowest BCUT2D eigenvalue weighted by Crippen LogP contribution is -1.98. The lowest BCUT2D eigenvalue weighted by atomic mass is 10.2. The van der Waals surface area contributed by atoms with Crippen LogP contribution < -0.4 is 4.74 Å². The van der Waals surface area contributed by atoms with E-state index in [1.54, 1.807) is 30.3 Å². The Hall–Kier alpha value is -2.11. The van der Waals surface area contributed by atoms with E-state index in [0.717, 1.165) is 12.1 Å². The van der Waals surface area contributed by atoms with Gasteiger partial charge in [-0.15, -0.1) is 0 Å². The van der Waals surface area contributed by atoms with E-state index in [9.17, 15) is 4.39 Å². The third kappa shape index (κ3) is 4.94. The van der Waals surface area contributed by atoms with Gasteiger partial charge in [0.25, 0.3) is 0 Å². The van der Waals surface area contributed by atoms with Crippen LogP contribution in [0.1, 0.15) is 18.2 Å². The zero-order chi connectivity index (χ0) is 17.6. The van der Waals surface area contributed by atoms with Crippen LogP contribution in [0.2, 0.25) is 5.02 Å². The predicted molar refractivity (Wildman–Crippen MR) is 98.9 cm³/mol. The van der Waals surface area contributed by atoms with Crippen LogP contribution >= 0.6 is 23.4 Å². The number of nitrogens with zero attached hydrogens (tertiary/aromatic N) is 2. The Morgan fingerprint density at radius 2 is 1.92 bits per heavy atom. The highest BCUT2D eigenvalue weighted by molar-refractivity contribution is 7.98. The van der Waals surface area contributed by atoms with E-state index in [1.165, 1.54) is 17.8 Å². The van der Waals surface area contributed by atoms with E-state index in [4.69, 9.17) is 16.3 Å². The molecule has 0 spiro atoms. The number of rotatable bonds is 6. The molecule has 0 fully saturated rings. The predicted octanol–water partition coefficient (Wildman–Crippen LogP) is 5.92. The van der Waals surface area contributed by atoms with Gasteiger partial charge in [0, 0.05) is 22.5 Å². The van der Waals surface area contributed by atoms with Crippen molar-refractivity contribution in [1.82, 2.24) is 9.97 Å². The largest absolute Gasteiger partial charge is 0.439 e. The number of benzene rings is 2. The first-order valence-electron chi connectivity index (χ1n) is 7.81. The minimum absolute atomic E-state index is 0.225. The van der Waals surface area contributed by atoms with E-state index in [0.29, 0.717) is 33.1 Å². The number of thioether (sulfide) groups is 1. The minimum Gasteiger partial charge on any atom is -0.439 e. The maximum Gasteiger partial charge on any atom is 0.223 e. The fourth-order valence-electron chi connectivity index (χ4n) is 2.16. The van der Waals surface area contributed by atoms with Crippen LogP contribution in [-0.2, 0) is 12.2 Å². The van der Waals surface area contributed by atoms with Crippen LogP contribution in [-0.4, -0.2) is 9.97 Å². The van der Waals surface area contributed by atoms with E-state index in [2.05, 4.69) is 9.97 Å². The van der Waals surface area contributed by atoms with Crippen molar-refractivity contribution >= 4 is 23.4 Å². The molecule has 128 valence electrons. The minimum atomic E-state index is -0.225. The molecule has 0 radical (unpaired) electrons. The Balaban J connectivity index is 1.79. The molecule has 6 heteroatoms. The molecule has 2 aromatic carbocycles.